The molecule has 0 aliphatic carbocycles. The van der Waals surface area contributed by atoms with E-state index in [-0.39, 0.29) is 6.42 Å². The highest BCUT2D eigenvalue weighted by molar-refractivity contribution is 7.11. The monoisotopic (exact) mass is 242 g/mol. The van der Waals surface area contributed by atoms with E-state index in [0.717, 1.165) is 23.8 Å². The van der Waals surface area contributed by atoms with E-state index in [1.807, 2.05) is 20.9 Å². The highest BCUT2D eigenvalue weighted by atomic mass is 32.1. The van der Waals surface area contributed by atoms with Gasteiger partial charge in [0.2, 0.25) is 0 Å². The van der Waals surface area contributed by atoms with Crippen LogP contribution >= 0.6 is 11.3 Å². The number of thiazole rings is 1. The zero-order chi connectivity index (χ0) is 12.1. The molecular weight excluding hydrogens is 224 g/mol. The topological polar surface area (TPSA) is 53.4 Å². The Bertz CT molecular complexity index is 363. The summed E-state index contributed by atoms with van der Waals surface area (Å²) >= 11 is 1.71. The van der Waals surface area contributed by atoms with E-state index in [2.05, 4.69) is 9.88 Å². The smallest absolute Gasteiger partial charge is 0.303 e. The minimum atomic E-state index is -0.724. The highest BCUT2D eigenvalue weighted by Gasteiger charge is 2.08. The number of rotatable bonds is 6. The third kappa shape index (κ3) is 4.28. The predicted octanol–water partition coefficient (Wildman–Crippen LogP) is 2.06. The summed E-state index contributed by atoms with van der Waals surface area (Å²) in [5, 5.41) is 9.63. The summed E-state index contributed by atoms with van der Waals surface area (Å²) in [5.41, 5.74) is 1.09. The van der Waals surface area contributed by atoms with Crippen LogP contribution in [0.4, 0.5) is 0 Å². The zero-order valence-electron chi connectivity index (χ0n) is 9.99. The van der Waals surface area contributed by atoms with Gasteiger partial charge in [-0.3, -0.25) is 4.79 Å². The molecule has 0 radical (unpaired) electrons. The predicted molar refractivity (Wildman–Crippen MR) is 64.8 cm³/mol. The number of aryl methyl sites for hydroxylation is 2. The van der Waals surface area contributed by atoms with Crippen LogP contribution in [0.5, 0.6) is 0 Å². The zero-order valence-corrected chi connectivity index (χ0v) is 10.8. The fraction of sp³-hybridized carbons (Fsp3) is 0.636. The van der Waals surface area contributed by atoms with Crippen LogP contribution in [0.1, 0.15) is 28.4 Å². The van der Waals surface area contributed by atoms with E-state index in [0.29, 0.717) is 6.42 Å². The molecular formula is C11H18N2O2S. The molecule has 0 spiro atoms. The Labute approximate surface area is 99.9 Å². The summed E-state index contributed by atoms with van der Waals surface area (Å²) in [7, 11) is 2.01. The molecule has 1 aromatic heterocycles. The molecule has 1 N–H and O–H groups in total. The van der Waals surface area contributed by atoms with Gasteiger partial charge in [-0.15, -0.1) is 11.3 Å². The van der Waals surface area contributed by atoms with Crippen LogP contribution in [0.3, 0.4) is 0 Å². The second-order valence-electron chi connectivity index (χ2n) is 3.98. The van der Waals surface area contributed by atoms with Gasteiger partial charge in [-0.1, -0.05) is 0 Å². The van der Waals surface area contributed by atoms with Crippen molar-refractivity contribution < 1.29 is 9.90 Å². The summed E-state index contributed by atoms with van der Waals surface area (Å²) in [5.74, 6) is -0.724. The van der Waals surface area contributed by atoms with E-state index in [9.17, 15) is 4.79 Å². The van der Waals surface area contributed by atoms with Crippen LogP contribution in [0.15, 0.2) is 0 Å². The molecule has 0 saturated heterocycles. The number of carboxylic acids is 1. The highest BCUT2D eigenvalue weighted by Crippen LogP contribution is 2.18. The lowest BCUT2D eigenvalue weighted by molar-refractivity contribution is -0.137. The van der Waals surface area contributed by atoms with Gasteiger partial charge in [0, 0.05) is 17.8 Å². The molecule has 0 bridgehead atoms. The van der Waals surface area contributed by atoms with Crippen LogP contribution in [-0.4, -0.2) is 34.6 Å². The Morgan fingerprint density at radius 2 is 2.19 bits per heavy atom. The molecule has 16 heavy (non-hydrogen) atoms. The van der Waals surface area contributed by atoms with Crippen molar-refractivity contribution in [3.8, 4) is 0 Å². The Morgan fingerprint density at radius 1 is 1.50 bits per heavy atom. The van der Waals surface area contributed by atoms with E-state index in [1.165, 1.54) is 4.88 Å². The number of hydrogen-bond acceptors (Lipinski definition) is 4. The molecule has 1 heterocycles. The maximum absolute atomic E-state index is 10.4. The van der Waals surface area contributed by atoms with Crippen molar-refractivity contribution >= 4 is 17.3 Å². The molecule has 90 valence electrons. The Kier molecular flexibility index (Phi) is 4.89. The van der Waals surface area contributed by atoms with Gasteiger partial charge in [0.25, 0.3) is 0 Å². The third-order valence-corrected chi connectivity index (χ3v) is 3.40. The fourth-order valence-corrected chi connectivity index (χ4v) is 2.56. The first-order valence-electron chi connectivity index (χ1n) is 5.32. The molecule has 4 nitrogen and oxygen atoms in total. The van der Waals surface area contributed by atoms with Crippen molar-refractivity contribution in [1.82, 2.24) is 9.88 Å². The van der Waals surface area contributed by atoms with Crippen LogP contribution < -0.4 is 0 Å². The number of aromatic nitrogens is 1. The third-order valence-electron chi connectivity index (χ3n) is 2.34. The van der Waals surface area contributed by atoms with E-state index in [4.69, 9.17) is 5.11 Å². The van der Waals surface area contributed by atoms with Crippen molar-refractivity contribution in [2.75, 3.05) is 13.6 Å². The molecule has 0 atom stereocenters. The standard InChI is InChI=1S/C11H18N2O2S/c1-8-10(16-9(2)12-8)7-13(3)6-4-5-11(14)15/h4-7H2,1-3H3,(H,14,15). The van der Waals surface area contributed by atoms with Gasteiger partial charge in [-0.05, 0) is 33.9 Å². The summed E-state index contributed by atoms with van der Waals surface area (Å²) < 4.78 is 0. The molecule has 0 fully saturated rings. The molecule has 0 saturated carbocycles. The molecule has 0 unspecified atom stereocenters. The molecule has 1 rings (SSSR count). The second-order valence-corrected chi connectivity index (χ2v) is 5.26. The molecule has 1 aromatic rings. The number of aliphatic carboxylic acids is 1. The van der Waals surface area contributed by atoms with E-state index < -0.39 is 5.97 Å². The first-order valence-corrected chi connectivity index (χ1v) is 6.14. The molecule has 0 aromatic carbocycles. The maximum atomic E-state index is 10.4. The lowest BCUT2D eigenvalue weighted by Crippen LogP contribution is -2.19. The van der Waals surface area contributed by atoms with Gasteiger partial charge >= 0.3 is 5.97 Å². The largest absolute Gasteiger partial charge is 0.481 e. The average Bonchev–Trinajstić information content (AvgIpc) is 2.44. The average molecular weight is 242 g/mol. The van der Waals surface area contributed by atoms with Crippen molar-refractivity contribution in [3.63, 3.8) is 0 Å². The summed E-state index contributed by atoms with van der Waals surface area (Å²) in [4.78, 5) is 18.2. The van der Waals surface area contributed by atoms with Crippen LogP contribution in [0, 0.1) is 13.8 Å². The first-order chi connectivity index (χ1) is 7.49. The molecule has 5 heteroatoms. The molecule has 0 aliphatic rings. The van der Waals surface area contributed by atoms with Gasteiger partial charge in [0.05, 0.1) is 10.7 Å². The Hall–Kier alpha value is -0.940. The lowest BCUT2D eigenvalue weighted by Gasteiger charge is -2.14. The van der Waals surface area contributed by atoms with Crippen LogP contribution in [-0.2, 0) is 11.3 Å². The fourth-order valence-electron chi connectivity index (χ4n) is 1.54. The van der Waals surface area contributed by atoms with Crippen LogP contribution in [0.2, 0.25) is 0 Å². The number of carboxylic acid groups (broad SMARTS) is 1. The van der Waals surface area contributed by atoms with E-state index >= 15 is 0 Å². The quantitative estimate of drug-likeness (QED) is 0.829. The van der Waals surface area contributed by atoms with Gasteiger partial charge in [0.1, 0.15) is 0 Å². The van der Waals surface area contributed by atoms with Crippen molar-refractivity contribution in [3.05, 3.63) is 15.6 Å². The summed E-state index contributed by atoms with van der Waals surface area (Å²) in [6, 6.07) is 0. The van der Waals surface area contributed by atoms with Gasteiger partial charge in [-0.25, -0.2) is 4.98 Å². The van der Waals surface area contributed by atoms with Gasteiger partial charge in [-0.2, -0.15) is 0 Å². The summed E-state index contributed by atoms with van der Waals surface area (Å²) in [6.45, 7) is 5.69. The SMILES string of the molecule is Cc1nc(C)c(CN(C)CCCC(=O)O)s1. The number of nitrogens with zero attached hydrogens (tertiary/aromatic N) is 2. The van der Waals surface area contributed by atoms with Gasteiger partial charge < -0.3 is 10.0 Å². The van der Waals surface area contributed by atoms with Crippen molar-refractivity contribution in [2.45, 2.75) is 33.2 Å². The van der Waals surface area contributed by atoms with Crippen LogP contribution in [0.25, 0.3) is 0 Å². The molecule has 0 aliphatic heterocycles. The van der Waals surface area contributed by atoms with Crippen molar-refractivity contribution in [2.24, 2.45) is 0 Å². The first kappa shape index (κ1) is 13.1. The normalized spacial score (nSPS) is 11.0. The van der Waals surface area contributed by atoms with E-state index in [1.54, 1.807) is 11.3 Å². The Morgan fingerprint density at radius 3 is 2.69 bits per heavy atom. The minimum Gasteiger partial charge on any atom is -0.481 e. The maximum Gasteiger partial charge on any atom is 0.303 e. The van der Waals surface area contributed by atoms with Gasteiger partial charge in [0.15, 0.2) is 0 Å². The summed E-state index contributed by atoms with van der Waals surface area (Å²) in [6.07, 6.45) is 0.938. The number of carbonyl (C=O) groups is 1. The second kappa shape index (κ2) is 5.96. The molecule has 0 amide bonds. The number of hydrogen-bond donors (Lipinski definition) is 1. The lowest BCUT2D eigenvalue weighted by atomic mass is 10.3. The Balaban J connectivity index is 2.36. The van der Waals surface area contributed by atoms with Crippen molar-refractivity contribution in [1.29, 1.82) is 0 Å². The minimum absolute atomic E-state index is 0.241.